The van der Waals surface area contributed by atoms with Gasteiger partial charge in [0.05, 0.1) is 10.6 Å². The molecule has 0 aliphatic carbocycles. The quantitative estimate of drug-likeness (QED) is 0.774. The highest BCUT2D eigenvalue weighted by atomic mass is 79.9. The van der Waals surface area contributed by atoms with Crippen molar-refractivity contribution in [1.82, 2.24) is 10.9 Å². The van der Waals surface area contributed by atoms with Gasteiger partial charge in [-0.3, -0.25) is 20.4 Å². The molecule has 2 rings (SSSR count). The van der Waals surface area contributed by atoms with Gasteiger partial charge in [-0.25, -0.2) is 4.39 Å². The van der Waals surface area contributed by atoms with Gasteiger partial charge >= 0.3 is 0 Å². The second-order valence-corrected chi connectivity index (χ2v) is 5.67. The van der Waals surface area contributed by atoms with E-state index in [-0.39, 0.29) is 16.3 Å². The van der Waals surface area contributed by atoms with E-state index < -0.39 is 24.2 Å². The molecule has 0 spiro atoms. The summed E-state index contributed by atoms with van der Waals surface area (Å²) in [4.78, 5) is 23.4. The number of ether oxygens (including phenoxy) is 1. The lowest BCUT2D eigenvalue weighted by atomic mass is 10.2. The number of carbonyl (C=O) groups excluding carboxylic acids is 2. The normalized spacial score (nSPS) is 10.0. The van der Waals surface area contributed by atoms with Crippen molar-refractivity contribution in [3.63, 3.8) is 0 Å². The maximum absolute atomic E-state index is 13.5. The molecule has 2 amide bonds. The zero-order chi connectivity index (χ0) is 16.8. The van der Waals surface area contributed by atoms with Gasteiger partial charge in [-0.1, -0.05) is 39.7 Å². The minimum Gasteiger partial charge on any atom is -0.481 e. The van der Waals surface area contributed by atoms with E-state index in [0.29, 0.717) is 4.47 Å². The fraction of sp³-hybridized carbons (Fsp3) is 0.0667. The van der Waals surface area contributed by atoms with Gasteiger partial charge in [0, 0.05) is 4.47 Å². The van der Waals surface area contributed by atoms with Gasteiger partial charge in [0.25, 0.3) is 11.8 Å². The lowest BCUT2D eigenvalue weighted by Gasteiger charge is -2.10. The predicted octanol–water partition coefficient (Wildman–Crippen LogP) is 3.08. The average Bonchev–Trinajstić information content (AvgIpc) is 2.52. The van der Waals surface area contributed by atoms with Crippen LogP contribution in [-0.4, -0.2) is 18.4 Å². The van der Waals surface area contributed by atoms with Gasteiger partial charge in [-0.2, -0.15) is 0 Å². The number of hydrazine groups is 1. The van der Waals surface area contributed by atoms with Crippen molar-refractivity contribution in [3.05, 3.63) is 63.3 Å². The molecule has 0 bridgehead atoms. The van der Waals surface area contributed by atoms with Crippen molar-refractivity contribution >= 4 is 39.3 Å². The number of hydrogen-bond donors (Lipinski definition) is 2. The number of amides is 2. The summed E-state index contributed by atoms with van der Waals surface area (Å²) in [5, 5.41) is 0.257. The maximum atomic E-state index is 13.5. The largest absolute Gasteiger partial charge is 0.481 e. The Balaban J connectivity index is 1.83. The summed E-state index contributed by atoms with van der Waals surface area (Å²) in [6.45, 7) is -0.457. The predicted molar refractivity (Wildman–Crippen MR) is 86.7 cm³/mol. The summed E-state index contributed by atoms with van der Waals surface area (Å²) >= 11 is 8.97. The third kappa shape index (κ3) is 4.94. The van der Waals surface area contributed by atoms with Crippen LogP contribution >= 0.6 is 27.5 Å². The first-order valence-corrected chi connectivity index (χ1v) is 7.56. The molecule has 120 valence electrons. The van der Waals surface area contributed by atoms with Crippen LogP contribution in [0, 0.1) is 5.82 Å². The minimum absolute atomic E-state index is 0.0687. The molecule has 0 heterocycles. The fourth-order valence-electron chi connectivity index (χ4n) is 1.61. The van der Waals surface area contributed by atoms with E-state index in [0.717, 1.165) is 0 Å². The lowest BCUT2D eigenvalue weighted by Crippen LogP contribution is -2.43. The zero-order valence-electron chi connectivity index (χ0n) is 11.6. The number of rotatable bonds is 4. The van der Waals surface area contributed by atoms with Crippen LogP contribution in [0.5, 0.6) is 5.75 Å². The first-order valence-electron chi connectivity index (χ1n) is 6.39. The molecule has 2 aromatic rings. The van der Waals surface area contributed by atoms with E-state index in [1.807, 2.05) is 0 Å². The van der Waals surface area contributed by atoms with Gasteiger partial charge in [0.15, 0.2) is 18.2 Å². The molecule has 5 nitrogen and oxygen atoms in total. The van der Waals surface area contributed by atoms with E-state index in [1.165, 1.54) is 18.2 Å². The second-order valence-electron chi connectivity index (χ2n) is 4.35. The Bertz CT molecular complexity index is 742. The summed E-state index contributed by atoms with van der Waals surface area (Å²) in [6.07, 6.45) is 0. The van der Waals surface area contributed by atoms with E-state index in [9.17, 15) is 14.0 Å². The molecule has 2 aromatic carbocycles. The monoisotopic (exact) mass is 400 g/mol. The Labute approximate surface area is 144 Å². The molecule has 0 fully saturated rings. The van der Waals surface area contributed by atoms with Crippen LogP contribution in [0.3, 0.4) is 0 Å². The topological polar surface area (TPSA) is 67.4 Å². The second kappa shape index (κ2) is 7.94. The van der Waals surface area contributed by atoms with Gasteiger partial charge in [0.1, 0.15) is 0 Å². The Hall–Kier alpha value is -2.12. The number of benzene rings is 2. The lowest BCUT2D eigenvalue weighted by molar-refractivity contribution is -0.123. The standard InChI is InChI=1S/C15H11BrClFN2O3/c16-9-5-6-13(12(18)7-9)23-8-14(21)19-20-15(22)10-3-1-2-4-11(10)17/h1-7H,8H2,(H,19,21)(H,20,22). The van der Waals surface area contributed by atoms with Crippen LogP contribution in [-0.2, 0) is 4.79 Å². The summed E-state index contributed by atoms with van der Waals surface area (Å²) < 4.78 is 19.1. The highest BCUT2D eigenvalue weighted by Gasteiger charge is 2.11. The van der Waals surface area contributed by atoms with Crippen molar-refractivity contribution in [3.8, 4) is 5.75 Å². The van der Waals surface area contributed by atoms with Crippen LogP contribution < -0.4 is 15.6 Å². The third-order valence-electron chi connectivity index (χ3n) is 2.69. The van der Waals surface area contributed by atoms with E-state index in [4.69, 9.17) is 16.3 Å². The summed E-state index contributed by atoms with van der Waals surface area (Å²) in [5.74, 6) is -1.89. The Morgan fingerprint density at radius 3 is 2.61 bits per heavy atom. The molecule has 0 radical (unpaired) electrons. The summed E-state index contributed by atoms with van der Waals surface area (Å²) in [7, 11) is 0. The molecule has 0 aliphatic heterocycles. The zero-order valence-corrected chi connectivity index (χ0v) is 13.9. The maximum Gasteiger partial charge on any atom is 0.276 e. The third-order valence-corrected chi connectivity index (χ3v) is 3.51. The fourth-order valence-corrected chi connectivity index (χ4v) is 2.17. The van der Waals surface area contributed by atoms with E-state index in [2.05, 4.69) is 26.8 Å². The van der Waals surface area contributed by atoms with Crippen molar-refractivity contribution in [2.75, 3.05) is 6.61 Å². The summed E-state index contributed by atoms with van der Waals surface area (Å²) in [5.41, 5.74) is 4.57. The average molecular weight is 402 g/mol. The van der Waals surface area contributed by atoms with Crippen LogP contribution in [0.25, 0.3) is 0 Å². The van der Waals surface area contributed by atoms with Gasteiger partial charge in [-0.05, 0) is 30.3 Å². The Morgan fingerprint density at radius 1 is 1.17 bits per heavy atom. The molecule has 2 N–H and O–H groups in total. The molecule has 8 heteroatoms. The van der Waals surface area contributed by atoms with Crippen LogP contribution in [0.1, 0.15) is 10.4 Å². The van der Waals surface area contributed by atoms with E-state index >= 15 is 0 Å². The SMILES string of the molecule is O=C(COc1ccc(Br)cc1F)NNC(=O)c1ccccc1Cl. The first kappa shape index (κ1) is 17.2. The molecule has 0 aromatic heterocycles. The van der Waals surface area contributed by atoms with Crippen molar-refractivity contribution in [1.29, 1.82) is 0 Å². The highest BCUT2D eigenvalue weighted by molar-refractivity contribution is 9.10. The van der Waals surface area contributed by atoms with Crippen molar-refractivity contribution in [2.24, 2.45) is 0 Å². The van der Waals surface area contributed by atoms with Gasteiger partial charge in [0.2, 0.25) is 0 Å². The Morgan fingerprint density at radius 2 is 1.91 bits per heavy atom. The molecule has 0 saturated heterocycles. The molecule has 0 atom stereocenters. The smallest absolute Gasteiger partial charge is 0.276 e. The molecular formula is C15H11BrClFN2O3. The van der Waals surface area contributed by atoms with Crippen LogP contribution in [0.2, 0.25) is 5.02 Å². The number of hydrogen-bond acceptors (Lipinski definition) is 3. The Kier molecular flexibility index (Phi) is 5.95. The van der Waals surface area contributed by atoms with Crippen LogP contribution in [0.15, 0.2) is 46.9 Å². The van der Waals surface area contributed by atoms with Crippen molar-refractivity contribution in [2.45, 2.75) is 0 Å². The van der Waals surface area contributed by atoms with Crippen molar-refractivity contribution < 1.29 is 18.7 Å². The van der Waals surface area contributed by atoms with E-state index in [1.54, 1.807) is 24.3 Å². The summed E-state index contributed by atoms with van der Waals surface area (Å²) in [6, 6.07) is 10.6. The number of halogens is 3. The number of carbonyl (C=O) groups is 2. The molecule has 0 unspecified atom stereocenters. The highest BCUT2D eigenvalue weighted by Crippen LogP contribution is 2.21. The first-order chi connectivity index (χ1) is 11.0. The molecule has 0 aliphatic rings. The molecular weight excluding hydrogens is 391 g/mol. The molecule has 0 saturated carbocycles. The number of nitrogens with one attached hydrogen (secondary N) is 2. The van der Waals surface area contributed by atoms with Crippen LogP contribution in [0.4, 0.5) is 4.39 Å². The van der Waals surface area contributed by atoms with Gasteiger partial charge < -0.3 is 4.74 Å². The minimum atomic E-state index is -0.646. The molecule has 23 heavy (non-hydrogen) atoms. The van der Waals surface area contributed by atoms with Gasteiger partial charge in [-0.15, -0.1) is 0 Å².